The van der Waals surface area contributed by atoms with Gasteiger partial charge < -0.3 is 15.0 Å². The molecule has 0 bridgehead atoms. The molecule has 1 aliphatic carbocycles. The van der Waals surface area contributed by atoms with Crippen molar-refractivity contribution in [2.75, 3.05) is 23.9 Å². The number of nitrogens with zero attached hydrogens (tertiary/aromatic N) is 1. The highest BCUT2D eigenvalue weighted by atomic mass is 16.5. The number of amides is 2. The van der Waals surface area contributed by atoms with Crippen LogP contribution in [0.3, 0.4) is 0 Å². The summed E-state index contributed by atoms with van der Waals surface area (Å²) in [6, 6.07) is 12.6. The molecule has 150 valence electrons. The maximum Gasteiger partial charge on any atom is 0.230 e. The third-order valence-electron chi connectivity index (χ3n) is 5.43. The molecular formula is C23H24N2O4. The van der Waals surface area contributed by atoms with Crippen molar-refractivity contribution in [1.82, 2.24) is 0 Å². The SMILES string of the molecule is COc1cccc(C(=O)CCC(=O)Nc2ccc3c(c2)N(C(=O)C2CC2)CC3)c1. The number of ketones is 1. The molecule has 0 unspecified atom stereocenters. The molecule has 2 aliphatic rings. The van der Waals surface area contributed by atoms with Crippen LogP contribution in [0.1, 0.15) is 41.6 Å². The molecule has 1 saturated carbocycles. The summed E-state index contributed by atoms with van der Waals surface area (Å²) in [5, 5.41) is 2.85. The highest BCUT2D eigenvalue weighted by molar-refractivity contribution is 6.01. The van der Waals surface area contributed by atoms with Gasteiger partial charge >= 0.3 is 0 Å². The zero-order chi connectivity index (χ0) is 20.4. The van der Waals surface area contributed by atoms with E-state index in [1.807, 2.05) is 23.1 Å². The highest BCUT2D eigenvalue weighted by Gasteiger charge is 2.36. The van der Waals surface area contributed by atoms with Gasteiger partial charge in [-0.25, -0.2) is 0 Å². The lowest BCUT2D eigenvalue weighted by atomic mass is 10.1. The fourth-order valence-corrected chi connectivity index (χ4v) is 3.63. The Morgan fingerprint density at radius 1 is 1.10 bits per heavy atom. The number of carbonyl (C=O) groups is 3. The Morgan fingerprint density at radius 2 is 1.93 bits per heavy atom. The number of ether oxygens (including phenoxy) is 1. The van der Waals surface area contributed by atoms with Crippen LogP contribution in [0.15, 0.2) is 42.5 Å². The first-order valence-corrected chi connectivity index (χ1v) is 9.96. The summed E-state index contributed by atoms with van der Waals surface area (Å²) >= 11 is 0. The van der Waals surface area contributed by atoms with Gasteiger partial charge in [0.15, 0.2) is 5.78 Å². The minimum Gasteiger partial charge on any atom is -0.497 e. The fourth-order valence-electron chi connectivity index (χ4n) is 3.63. The molecule has 1 aliphatic heterocycles. The van der Waals surface area contributed by atoms with E-state index in [1.54, 1.807) is 31.4 Å². The van der Waals surface area contributed by atoms with Crippen LogP contribution >= 0.6 is 0 Å². The number of hydrogen-bond acceptors (Lipinski definition) is 4. The monoisotopic (exact) mass is 392 g/mol. The van der Waals surface area contributed by atoms with Crippen LogP contribution in [-0.4, -0.2) is 31.3 Å². The van der Waals surface area contributed by atoms with Crippen LogP contribution in [0, 0.1) is 5.92 Å². The maximum absolute atomic E-state index is 12.5. The Hall–Kier alpha value is -3.15. The van der Waals surface area contributed by atoms with Crippen molar-refractivity contribution >= 4 is 29.0 Å². The predicted molar refractivity (Wildman–Crippen MR) is 110 cm³/mol. The van der Waals surface area contributed by atoms with Crippen LogP contribution in [0.25, 0.3) is 0 Å². The Morgan fingerprint density at radius 3 is 2.69 bits per heavy atom. The number of fused-ring (bicyclic) bond motifs is 1. The first kappa shape index (κ1) is 19.2. The zero-order valence-electron chi connectivity index (χ0n) is 16.4. The number of benzene rings is 2. The minimum absolute atomic E-state index is 0.0951. The predicted octanol–water partition coefficient (Wildman–Crippen LogP) is 3.60. The first-order chi connectivity index (χ1) is 14.0. The number of Topliss-reactive ketones (excluding diaryl/α,β-unsaturated/α-hetero) is 1. The molecule has 6 nitrogen and oxygen atoms in total. The van der Waals surface area contributed by atoms with Gasteiger partial charge in [-0.15, -0.1) is 0 Å². The van der Waals surface area contributed by atoms with Crippen molar-refractivity contribution in [2.45, 2.75) is 32.1 Å². The Balaban J connectivity index is 1.36. The summed E-state index contributed by atoms with van der Waals surface area (Å²) in [5.74, 6) is 0.648. The summed E-state index contributed by atoms with van der Waals surface area (Å²) in [7, 11) is 1.55. The van der Waals surface area contributed by atoms with Crippen molar-refractivity contribution in [3.05, 3.63) is 53.6 Å². The maximum atomic E-state index is 12.5. The number of hydrogen-bond donors (Lipinski definition) is 1. The number of rotatable bonds is 7. The molecule has 0 aromatic heterocycles. The molecule has 0 spiro atoms. The summed E-state index contributed by atoms with van der Waals surface area (Å²) in [6.45, 7) is 0.705. The molecule has 6 heteroatoms. The molecule has 2 amide bonds. The summed E-state index contributed by atoms with van der Waals surface area (Å²) in [4.78, 5) is 39.0. The van der Waals surface area contributed by atoms with Crippen LogP contribution in [-0.2, 0) is 16.0 Å². The van der Waals surface area contributed by atoms with Gasteiger partial charge in [0.25, 0.3) is 0 Å². The number of anilines is 2. The van der Waals surface area contributed by atoms with Crippen molar-refractivity contribution in [2.24, 2.45) is 5.92 Å². The lowest BCUT2D eigenvalue weighted by Gasteiger charge is -2.18. The number of methoxy groups -OCH3 is 1. The molecule has 1 fully saturated rings. The molecule has 0 saturated heterocycles. The Kier molecular flexibility index (Phi) is 5.34. The molecule has 1 N–H and O–H groups in total. The smallest absolute Gasteiger partial charge is 0.230 e. The lowest BCUT2D eigenvalue weighted by molar-refractivity contribution is -0.119. The van der Waals surface area contributed by atoms with Gasteiger partial charge in [-0.05, 0) is 49.1 Å². The van der Waals surface area contributed by atoms with Crippen LogP contribution < -0.4 is 15.0 Å². The summed E-state index contributed by atoms with van der Waals surface area (Å²) in [5.41, 5.74) is 3.21. The third-order valence-corrected chi connectivity index (χ3v) is 5.43. The molecule has 0 radical (unpaired) electrons. The van der Waals surface area contributed by atoms with E-state index in [1.165, 1.54) is 0 Å². The average molecular weight is 392 g/mol. The third kappa shape index (κ3) is 4.31. The van der Waals surface area contributed by atoms with E-state index in [0.29, 0.717) is 23.5 Å². The fraction of sp³-hybridized carbons (Fsp3) is 0.348. The standard InChI is InChI=1S/C23H24N2O4/c1-29-19-4-2-3-17(13-19)21(26)9-10-22(27)24-18-8-7-15-11-12-25(20(15)14-18)23(28)16-5-6-16/h2-4,7-8,13-14,16H,5-6,9-12H2,1H3,(H,24,27). The molecular weight excluding hydrogens is 368 g/mol. The second-order valence-corrected chi connectivity index (χ2v) is 7.56. The quantitative estimate of drug-likeness (QED) is 0.731. The van der Waals surface area contributed by atoms with Crippen molar-refractivity contribution < 1.29 is 19.1 Å². The Bertz CT molecular complexity index is 965. The van der Waals surface area contributed by atoms with Crippen molar-refractivity contribution in [1.29, 1.82) is 0 Å². The molecule has 2 aromatic carbocycles. The van der Waals surface area contributed by atoms with Crippen LogP contribution in [0.5, 0.6) is 5.75 Å². The van der Waals surface area contributed by atoms with Gasteiger partial charge in [-0.3, -0.25) is 14.4 Å². The highest BCUT2D eigenvalue weighted by Crippen LogP contribution is 2.37. The number of carbonyl (C=O) groups excluding carboxylic acids is 3. The van der Waals surface area contributed by atoms with E-state index in [4.69, 9.17) is 4.74 Å². The molecule has 2 aromatic rings. The van der Waals surface area contributed by atoms with Crippen LogP contribution in [0.2, 0.25) is 0 Å². The molecule has 4 rings (SSSR count). The summed E-state index contributed by atoms with van der Waals surface area (Å²) < 4.78 is 5.13. The minimum atomic E-state index is -0.223. The normalized spacial score (nSPS) is 15.0. The van der Waals surface area contributed by atoms with Gasteiger partial charge in [0.2, 0.25) is 11.8 Å². The van der Waals surface area contributed by atoms with E-state index in [9.17, 15) is 14.4 Å². The van der Waals surface area contributed by atoms with Crippen LogP contribution in [0.4, 0.5) is 11.4 Å². The Labute approximate surface area is 169 Å². The van der Waals surface area contributed by atoms with Gasteiger partial charge in [-0.1, -0.05) is 18.2 Å². The van der Waals surface area contributed by atoms with E-state index in [2.05, 4.69) is 5.32 Å². The van der Waals surface area contributed by atoms with Gasteiger partial charge in [0, 0.05) is 42.2 Å². The largest absolute Gasteiger partial charge is 0.497 e. The van der Waals surface area contributed by atoms with E-state index < -0.39 is 0 Å². The molecule has 29 heavy (non-hydrogen) atoms. The zero-order valence-corrected chi connectivity index (χ0v) is 16.4. The topological polar surface area (TPSA) is 75.7 Å². The number of nitrogens with one attached hydrogen (secondary N) is 1. The van der Waals surface area contributed by atoms with Gasteiger partial charge in [0.1, 0.15) is 5.75 Å². The first-order valence-electron chi connectivity index (χ1n) is 9.96. The lowest BCUT2D eigenvalue weighted by Crippen LogP contribution is -2.30. The van der Waals surface area contributed by atoms with E-state index in [-0.39, 0.29) is 36.4 Å². The second kappa shape index (κ2) is 8.07. The van der Waals surface area contributed by atoms with Crippen molar-refractivity contribution in [3.8, 4) is 5.75 Å². The van der Waals surface area contributed by atoms with Gasteiger partial charge in [0.05, 0.1) is 7.11 Å². The second-order valence-electron chi connectivity index (χ2n) is 7.56. The summed E-state index contributed by atoms with van der Waals surface area (Å²) in [6.07, 6.45) is 3.01. The van der Waals surface area contributed by atoms with Gasteiger partial charge in [-0.2, -0.15) is 0 Å². The average Bonchev–Trinajstić information content (AvgIpc) is 3.51. The molecule has 1 heterocycles. The van der Waals surface area contributed by atoms with Crippen molar-refractivity contribution in [3.63, 3.8) is 0 Å². The molecule has 0 atom stereocenters. The van der Waals surface area contributed by atoms with E-state index in [0.717, 1.165) is 30.5 Å². The van der Waals surface area contributed by atoms with E-state index >= 15 is 0 Å².